The van der Waals surface area contributed by atoms with Crippen LogP contribution >= 0.6 is 0 Å². The lowest BCUT2D eigenvalue weighted by molar-refractivity contribution is 0.207. The van der Waals surface area contributed by atoms with Crippen LogP contribution in [0.2, 0.25) is 0 Å². The number of carbonyl (C=O) groups is 1. The van der Waals surface area contributed by atoms with E-state index in [0.29, 0.717) is 43.4 Å². The zero-order chi connectivity index (χ0) is 18.5. The molecule has 7 heteroatoms. The van der Waals surface area contributed by atoms with Gasteiger partial charge in [0.15, 0.2) is 0 Å². The highest BCUT2D eigenvalue weighted by Crippen LogP contribution is 2.23. The van der Waals surface area contributed by atoms with Gasteiger partial charge in [-0.25, -0.2) is 14.2 Å². The van der Waals surface area contributed by atoms with Crippen molar-refractivity contribution in [3.63, 3.8) is 0 Å². The van der Waals surface area contributed by atoms with Gasteiger partial charge < -0.3 is 19.9 Å². The number of para-hydroxylation sites is 1. The molecule has 3 rings (SSSR count). The fraction of sp³-hybridized carbons (Fsp3) is 0.368. The van der Waals surface area contributed by atoms with E-state index < -0.39 is 0 Å². The number of rotatable bonds is 4. The number of benzene rings is 1. The Hall–Kier alpha value is -2.83. The molecular formula is C19H23FN4O2. The number of hydrogen-bond acceptors (Lipinski definition) is 4. The fourth-order valence-electron chi connectivity index (χ4n) is 2.86. The monoisotopic (exact) mass is 358 g/mol. The molecule has 138 valence electrons. The number of aromatic nitrogens is 1. The van der Waals surface area contributed by atoms with Gasteiger partial charge in [0.1, 0.15) is 11.5 Å². The van der Waals surface area contributed by atoms with Crippen LogP contribution < -0.4 is 15.0 Å². The summed E-state index contributed by atoms with van der Waals surface area (Å²) in [6.45, 7) is 6.00. The summed E-state index contributed by atoms with van der Waals surface area (Å²) < 4.78 is 19.5. The van der Waals surface area contributed by atoms with E-state index in [1.54, 1.807) is 35.4 Å². The van der Waals surface area contributed by atoms with E-state index in [0.717, 1.165) is 0 Å². The molecule has 1 aromatic carbocycles. The van der Waals surface area contributed by atoms with E-state index in [4.69, 9.17) is 4.74 Å². The third-order valence-corrected chi connectivity index (χ3v) is 4.12. The minimum Gasteiger partial charge on any atom is -0.473 e. The van der Waals surface area contributed by atoms with Gasteiger partial charge in [-0.15, -0.1) is 0 Å². The van der Waals surface area contributed by atoms with E-state index >= 15 is 0 Å². The number of nitrogens with zero attached hydrogens (tertiary/aromatic N) is 3. The van der Waals surface area contributed by atoms with E-state index in [-0.39, 0.29) is 18.0 Å². The number of ether oxygens (including phenoxy) is 1. The van der Waals surface area contributed by atoms with Crippen molar-refractivity contribution in [3.8, 4) is 5.88 Å². The molecule has 0 radical (unpaired) electrons. The van der Waals surface area contributed by atoms with Crippen molar-refractivity contribution in [2.45, 2.75) is 20.0 Å². The van der Waals surface area contributed by atoms with Crippen LogP contribution in [-0.2, 0) is 0 Å². The van der Waals surface area contributed by atoms with Gasteiger partial charge in [-0.05, 0) is 38.1 Å². The topological polar surface area (TPSA) is 57.7 Å². The number of carbonyl (C=O) groups excluding carboxylic acids is 1. The molecule has 1 aliphatic rings. The maximum atomic E-state index is 13.9. The predicted molar refractivity (Wildman–Crippen MR) is 99.2 cm³/mol. The third-order valence-electron chi connectivity index (χ3n) is 4.12. The molecule has 2 heterocycles. The molecule has 0 unspecified atom stereocenters. The summed E-state index contributed by atoms with van der Waals surface area (Å²) in [6, 6.07) is 10.0. The van der Waals surface area contributed by atoms with Crippen molar-refractivity contribution in [1.82, 2.24) is 9.88 Å². The van der Waals surface area contributed by atoms with Crippen LogP contribution in [0.5, 0.6) is 5.88 Å². The van der Waals surface area contributed by atoms with E-state index in [1.807, 2.05) is 24.8 Å². The molecule has 2 aromatic rings. The lowest BCUT2D eigenvalue weighted by atomic mass is 10.2. The number of piperazine rings is 1. The Morgan fingerprint density at radius 3 is 2.58 bits per heavy atom. The zero-order valence-electron chi connectivity index (χ0n) is 15.0. The van der Waals surface area contributed by atoms with Crippen LogP contribution in [0.3, 0.4) is 0 Å². The first kappa shape index (κ1) is 18.0. The minimum atomic E-state index is -0.240. The van der Waals surface area contributed by atoms with E-state index in [9.17, 15) is 9.18 Å². The normalized spacial score (nSPS) is 14.5. The van der Waals surface area contributed by atoms with Gasteiger partial charge in [0.05, 0.1) is 11.8 Å². The average Bonchev–Trinajstić information content (AvgIpc) is 2.63. The molecule has 0 aliphatic carbocycles. The largest absolute Gasteiger partial charge is 0.473 e. The molecule has 0 bridgehead atoms. The molecule has 1 N–H and O–H groups in total. The van der Waals surface area contributed by atoms with Gasteiger partial charge in [0, 0.05) is 32.4 Å². The Kier molecular flexibility index (Phi) is 5.55. The standard InChI is InChI=1S/C19H23FN4O2/c1-14(2)26-18-16(7-5-9-21-18)22-19(25)24-12-10-23(11-13-24)17-8-4-3-6-15(17)20/h3-9,14H,10-13H2,1-2H3,(H,22,25). The van der Waals surface area contributed by atoms with Crippen LogP contribution in [0.25, 0.3) is 0 Å². The molecule has 1 saturated heterocycles. The molecule has 1 aliphatic heterocycles. The van der Waals surface area contributed by atoms with Gasteiger partial charge in [-0.3, -0.25) is 0 Å². The number of halogens is 1. The molecule has 0 saturated carbocycles. The minimum absolute atomic E-state index is 0.0372. The summed E-state index contributed by atoms with van der Waals surface area (Å²) in [5, 5.41) is 2.86. The van der Waals surface area contributed by atoms with Crippen molar-refractivity contribution >= 4 is 17.4 Å². The summed E-state index contributed by atoms with van der Waals surface area (Å²) in [4.78, 5) is 20.4. The third kappa shape index (κ3) is 4.22. The van der Waals surface area contributed by atoms with Gasteiger partial charge in [-0.1, -0.05) is 12.1 Å². The Morgan fingerprint density at radius 2 is 1.88 bits per heavy atom. The maximum Gasteiger partial charge on any atom is 0.322 e. The molecule has 1 aromatic heterocycles. The Morgan fingerprint density at radius 1 is 1.15 bits per heavy atom. The first-order chi connectivity index (χ1) is 12.5. The van der Waals surface area contributed by atoms with Crippen molar-refractivity contribution in [3.05, 3.63) is 48.4 Å². The number of urea groups is 1. The highest BCUT2D eigenvalue weighted by Gasteiger charge is 2.23. The van der Waals surface area contributed by atoms with Crippen LogP contribution in [-0.4, -0.2) is 48.2 Å². The predicted octanol–water partition coefficient (Wildman–Crippen LogP) is 3.36. The average molecular weight is 358 g/mol. The molecule has 0 spiro atoms. The Bertz CT molecular complexity index is 761. The SMILES string of the molecule is CC(C)Oc1ncccc1NC(=O)N1CCN(c2ccccc2F)CC1. The van der Waals surface area contributed by atoms with E-state index in [2.05, 4.69) is 10.3 Å². The molecule has 0 atom stereocenters. The number of amides is 2. The maximum absolute atomic E-state index is 13.9. The Labute approximate surface area is 152 Å². The first-order valence-electron chi connectivity index (χ1n) is 8.71. The quantitative estimate of drug-likeness (QED) is 0.910. The van der Waals surface area contributed by atoms with Crippen molar-refractivity contribution < 1.29 is 13.9 Å². The highest BCUT2D eigenvalue weighted by atomic mass is 19.1. The lowest BCUT2D eigenvalue weighted by Crippen LogP contribution is -2.50. The van der Waals surface area contributed by atoms with Gasteiger partial charge in [-0.2, -0.15) is 0 Å². The highest BCUT2D eigenvalue weighted by molar-refractivity contribution is 5.90. The summed E-state index contributed by atoms with van der Waals surface area (Å²) >= 11 is 0. The Balaban J connectivity index is 1.60. The second kappa shape index (κ2) is 8.03. The smallest absolute Gasteiger partial charge is 0.322 e. The van der Waals surface area contributed by atoms with Crippen LogP contribution in [0, 0.1) is 5.82 Å². The summed E-state index contributed by atoms with van der Waals surface area (Å²) in [5.41, 5.74) is 1.12. The summed E-state index contributed by atoms with van der Waals surface area (Å²) in [6.07, 6.45) is 1.59. The number of pyridine rings is 1. The second-order valence-electron chi connectivity index (χ2n) is 6.38. The number of hydrogen-bond donors (Lipinski definition) is 1. The van der Waals surface area contributed by atoms with Crippen LogP contribution in [0.15, 0.2) is 42.6 Å². The number of nitrogens with one attached hydrogen (secondary N) is 1. The molecular weight excluding hydrogens is 335 g/mol. The van der Waals surface area contributed by atoms with E-state index in [1.165, 1.54) is 6.07 Å². The lowest BCUT2D eigenvalue weighted by Gasteiger charge is -2.36. The van der Waals surface area contributed by atoms with Crippen molar-refractivity contribution in [1.29, 1.82) is 0 Å². The molecule has 26 heavy (non-hydrogen) atoms. The van der Waals surface area contributed by atoms with Gasteiger partial charge in [0.2, 0.25) is 5.88 Å². The first-order valence-corrected chi connectivity index (χ1v) is 8.71. The van der Waals surface area contributed by atoms with Gasteiger partial charge in [0.25, 0.3) is 0 Å². The van der Waals surface area contributed by atoms with Crippen LogP contribution in [0.4, 0.5) is 20.6 Å². The molecule has 2 amide bonds. The fourth-order valence-corrected chi connectivity index (χ4v) is 2.86. The molecule has 6 nitrogen and oxygen atoms in total. The van der Waals surface area contributed by atoms with Gasteiger partial charge >= 0.3 is 6.03 Å². The van der Waals surface area contributed by atoms with Crippen molar-refractivity contribution in [2.24, 2.45) is 0 Å². The molecule has 1 fully saturated rings. The van der Waals surface area contributed by atoms with Crippen LogP contribution in [0.1, 0.15) is 13.8 Å². The summed E-state index contributed by atoms with van der Waals surface area (Å²) in [5.74, 6) is 0.164. The van der Waals surface area contributed by atoms with Crippen molar-refractivity contribution in [2.75, 3.05) is 36.4 Å². The summed E-state index contributed by atoms with van der Waals surface area (Å²) in [7, 11) is 0. The second-order valence-corrected chi connectivity index (χ2v) is 6.38. The zero-order valence-corrected chi connectivity index (χ0v) is 15.0. The number of anilines is 2.